The monoisotopic (exact) mass is 414 g/mol. The Balaban J connectivity index is 1.52. The minimum Gasteiger partial charge on any atom is -0.458 e. The number of aliphatic hydroxyl groups is 1. The van der Waals surface area contributed by atoms with Crippen LogP contribution in [0.15, 0.2) is 23.8 Å². The second kappa shape index (κ2) is 5.92. The topological polar surface area (TPSA) is 93.2 Å². The van der Waals surface area contributed by atoms with E-state index in [0.29, 0.717) is 6.42 Å². The molecule has 0 aromatic rings. The number of carbonyl (C=O) groups is 3. The maximum Gasteiger partial charge on any atom is 0.303 e. The second-order valence-corrected chi connectivity index (χ2v) is 10.5. The van der Waals surface area contributed by atoms with Gasteiger partial charge in [0.2, 0.25) is 5.78 Å². The van der Waals surface area contributed by atoms with Crippen LogP contribution >= 0.6 is 0 Å². The van der Waals surface area contributed by atoms with Crippen LogP contribution in [-0.4, -0.2) is 46.6 Å². The molecule has 4 fully saturated rings. The number of ketones is 2. The van der Waals surface area contributed by atoms with E-state index in [9.17, 15) is 19.5 Å². The van der Waals surface area contributed by atoms with Crippen molar-refractivity contribution >= 4 is 17.5 Å². The van der Waals surface area contributed by atoms with E-state index in [1.807, 2.05) is 19.9 Å². The van der Waals surface area contributed by atoms with Gasteiger partial charge in [-0.1, -0.05) is 25.5 Å². The Morgan fingerprint density at radius 2 is 2.03 bits per heavy atom. The summed E-state index contributed by atoms with van der Waals surface area (Å²) in [4.78, 5) is 36.3. The summed E-state index contributed by atoms with van der Waals surface area (Å²) < 4.78 is 11.4. The molecule has 4 aliphatic carbocycles. The van der Waals surface area contributed by atoms with Crippen LogP contribution in [0, 0.1) is 28.6 Å². The fourth-order valence-electron chi connectivity index (χ4n) is 7.85. The third-order valence-electron chi connectivity index (χ3n) is 9.35. The number of ether oxygens (including phenoxy) is 2. The average Bonchev–Trinajstić information content (AvgIpc) is 3.36. The predicted molar refractivity (Wildman–Crippen MR) is 107 cm³/mol. The number of hydrogen-bond donors (Lipinski definition) is 1. The van der Waals surface area contributed by atoms with Crippen LogP contribution in [0.25, 0.3) is 0 Å². The van der Waals surface area contributed by atoms with E-state index in [0.717, 1.165) is 24.8 Å². The van der Waals surface area contributed by atoms with E-state index < -0.39 is 29.4 Å². The van der Waals surface area contributed by atoms with Crippen LogP contribution in [0.4, 0.5) is 0 Å². The van der Waals surface area contributed by atoms with Crippen LogP contribution < -0.4 is 0 Å². The SMILES string of the molecule is CC(=O)OCC(=O)[C@@]1(O)[C@@H](C)C[C@H]2[C@@H]3CCC4=CC(=O)C=C[C@]4(C)[C@]34O[C@H]4C[C@@]21C. The number of hydrogen-bond acceptors (Lipinski definition) is 6. The second-order valence-electron chi connectivity index (χ2n) is 10.5. The van der Waals surface area contributed by atoms with E-state index in [-0.39, 0.29) is 40.7 Å². The van der Waals surface area contributed by atoms with Gasteiger partial charge in [-0.2, -0.15) is 0 Å². The Morgan fingerprint density at radius 1 is 1.30 bits per heavy atom. The number of allylic oxidation sites excluding steroid dienone is 2. The van der Waals surface area contributed by atoms with Crippen molar-refractivity contribution in [2.75, 3.05) is 6.61 Å². The largest absolute Gasteiger partial charge is 0.458 e. The van der Waals surface area contributed by atoms with Crippen LogP contribution in [-0.2, 0) is 23.9 Å². The summed E-state index contributed by atoms with van der Waals surface area (Å²) in [6.45, 7) is 7.00. The van der Waals surface area contributed by atoms with Crippen molar-refractivity contribution in [1.29, 1.82) is 0 Å². The molecule has 0 radical (unpaired) electrons. The van der Waals surface area contributed by atoms with Crippen LogP contribution in [0.3, 0.4) is 0 Å². The van der Waals surface area contributed by atoms with Gasteiger partial charge in [-0.3, -0.25) is 14.4 Å². The molecule has 1 N–H and O–H groups in total. The first-order valence-electron chi connectivity index (χ1n) is 11.0. The molecule has 162 valence electrons. The highest BCUT2D eigenvalue weighted by atomic mass is 16.6. The predicted octanol–water partition coefficient (Wildman–Crippen LogP) is 2.53. The number of epoxide rings is 1. The normalized spacial score (nSPS) is 50.6. The van der Waals surface area contributed by atoms with Crippen LogP contribution in [0.5, 0.6) is 0 Å². The van der Waals surface area contributed by atoms with Crippen molar-refractivity contribution in [2.24, 2.45) is 28.6 Å². The van der Waals surface area contributed by atoms with Crippen LogP contribution in [0.1, 0.15) is 53.4 Å². The minimum atomic E-state index is -1.54. The van der Waals surface area contributed by atoms with Gasteiger partial charge in [-0.05, 0) is 62.5 Å². The quantitative estimate of drug-likeness (QED) is 0.564. The Morgan fingerprint density at radius 3 is 2.73 bits per heavy atom. The van der Waals surface area contributed by atoms with Gasteiger partial charge >= 0.3 is 5.97 Å². The summed E-state index contributed by atoms with van der Waals surface area (Å²) >= 11 is 0. The van der Waals surface area contributed by atoms with Gasteiger partial charge in [0, 0.05) is 17.8 Å². The smallest absolute Gasteiger partial charge is 0.303 e. The molecule has 1 saturated heterocycles. The van der Waals surface area contributed by atoms with Crippen LogP contribution in [0.2, 0.25) is 0 Å². The zero-order valence-electron chi connectivity index (χ0n) is 18.1. The highest BCUT2D eigenvalue weighted by Crippen LogP contribution is 2.76. The molecule has 0 unspecified atom stereocenters. The molecule has 0 aromatic heterocycles. The lowest BCUT2D eigenvalue weighted by Crippen LogP contribution is -2.62. The summed E-state index contributed by atoms with van der Waals surface area (Å²) in [5, 5.41) is 11.8. The molecule has 6 nitrogen and oxygen atoms in total. The third-order valence-corrected chi connectivity index (χ3v) is 9.35. The van der Waals surface area contributed by atoms with Crippen molar-refractivity contribution in [3.8, 4) is 0 Å². The number of Topliss-reactive ketones (excluding diaryl/α,β-unsaturated/α-hetero) is 1. The average molecular weight is 414 g/mol. The summed E-state index contributed by atoms with van der Waals surface area (Å²) in [5.41, 5.74) is -1.71. The van der Waals surface area contributed by atoms with Crippen molar-refractivity contribution in [2.45, 2.75) is 70.7 Å². The van der Waals surface area contributed by atoms with E-state index in [4.69, 9.17) is 9.47 Å². The lowest BCUT2D eigenvalue weighted by molar-refractivity contribution is -0.170. The van der Waals surface area contributed by atoms with Crippen molar-refractivity contribution in [3.05, 3.63) is 23.8 Å². The Kier molecular flexibility index (Phi) is 3.97. The van der Waals surface area contributed by atoms with Gasteiger partial charge in [-0.25, -0.2) is 0 Å². The lowest BCUT2D eigenvalue weighted by Gasteiger charge is -2.55. The number of fused-ring (bicyclic) bond motifs is 3. The Bertz CT molecular complexity index is 919. The van der Waals surface area contributed by atoms with Gasteiger partial charge in [0.1, 0.15) is 11.2 Å². The van der Waals surface area contributed by atoms with Crippen molar-refractivity contribution in [3.63, 3.8) is 0 Å². The van der Waals surface area contributed by atoms with Gasteiger partial charge in [0.05, 0.1) is 6.10 Å². The van der Waals surface area contributed by atoms with Gasteiger partial charge in [0.25, 0.3) is 0 Å². The van der Waals surface area contributed by atoms with Gasteiger partial charge < -0.3 is 14.6 Å². The molecule has 0 aromatic carbocycles. The van der Waals surface area contributed by atoms with Crippen molar-refractivity contribution in [1.82, 2.24) is 0 Å². The first-order valence-corrected chi connectivity index (χ1v) is 11.0. The van der Waals surface area contributed by atoms with E-state index in [2.05, 4.69) is 6.92 Å². The zero-order valence-corrected chi connectivity index (χ0v) is 18.1. The fraction of sp³-hybridized carbons (Fsp3) is 0.708. The first kappa shape index (κ1) is 20.1. The van der Waals surface area contributed by atoms with Crippen molar-refractivity contribution < 1.29 is 29.0 Å². The van der Waals surface area contributed by atoms with E-state index >= 15 is 0 Å². The summed E-state index contributed by atoms with van der Waals surface area (Å²) in [6.07, 6.45) is 8.43. The molecule has 5 rings (SSSR count). The number of esters is 1. The fourth-order valence-corrected chi connectivity index (χ4v) is 7.85. The Hall–Kier alpha value is -1.79. The van der Waals surface area contributed by atoms with E-state index in [1.165, 1.54) is 6.92 Å². The molecule has 3 saturated carbocycles. The summed E-state index contributed by atoms with van der Waals surface area (Å²) in [6, 6.07) is 0. The molecule has 6 heteroatoms. The third kappa shape index (κ3) is 2.14. The molecule has 1 heterocycles. The summed E-state index contributed by atoms with van der Waals surface area (Å²) in [7, 11) is 0. The lowest BCUT2D eigenvalue weighted by atomic mass is 9.46. The van der Waals surface area contributed by atoms with E-state index in [1.54, 1.807) is 12.2 Å². The molecule has 0 amide bonds. The molecular formula is C24H30O6. The number of carbonyl (C=O) groups excluding carboxylic acids is 3. The first-order chi connectivity index (χ1) is 14.0. The maximum absolute atomic E-state index is 13.1. The standard InChI is InChI=1S/C24H30O6/c1-13-9-18-17-6-5-15-10-16(26)7-8-21(15,3)24(17)20(30-24)11-22(18,4)23(13,28)19(27)12-29-14(2)25/h7-8,10,13,17-18,20,28H,5-6,9,11-12H2,1-4H3/t13-,17-,18-,20-,21-,22-,23-,24-/m0/s1. The molecule has 5 aliphatic rings. The Labute approximate surface area is 176 Å². The molecular weight excluding hydrogens is 384 g/mol. The summed E-state index contributed by atoms with van der Waals surface area (Å²) in [5.74, 6) is -0.783. The number of rotatable bonds is 3. The highest BCUT2D eigenvalue weighted by molar-refractivity contribution is 6.01. The highest BCUT2D eigenvalue weighted by Gasteiger charge is 2.81. The minimum absolute atomic E-state index is 0.0371. The molecule has 1 spiro atoms. The van der Waals surface area contributed by atoms with Gasteiger partial charge in [-0.15, -0.1) is 0 Å². The maximum atomic E-state index is 13.1. The van der Waals surface area contributed by atoms with Gasteiger partial charge in [0.15, 0.2) is 12.4 Å². The zero-order chi connectivity index (χ0) is 21.7. The molecule has 1 aliphatic heterocycles. The molecule has 8 atom stereocenters. The molecule has 30 heavy (non-hydrogen) atoms. The molecule has 0 bridgehead atoms.